The van der Waals surface area contributed by atoms with Crippen LogP contribution in [-0.4, -0.2) is 39.5 Å². The van der Waals surface area contributed by atoms with E-state index in [0.29, 0.717) is 5.56 Å². The van der Waals surface area contributed by atoms with E-state index in [1.807, 2.05) is 6.07 Å². The molecule has 2 N–H and O–H groups in total. The third kappa shape index (κ3) is 5.57. The highest BCUT2D eigenvalue weighted by Crippen LogP contribution is 2.40. The van der Waals surface area contributed by atoms with Crippen LogP contribution in [0.5, 0.6) is 5.75 Å². The van der Waals surface area contributed by atoms with Gasteiger partial charge in [0.1, 0.15) is 17.0 Å². The smallest absolute Gasteiger partial charge is 0.433 e. The Hall–Kier alpha value is -4.71. The molecule has 9 nitrogen and oxygen atoms in total. The average Bonchev–Trinajstić information content (AvgIpc) is 3.58. The van der Waals surface area contributed by atoms with Gasteiger partial charge >= 0.3 is 12.1 Å². The number of alkyl halides is 3. The zero-order valence-electron chi connectivity index (χ0n) is 23.6. The third-order valence-electron chi connectivity index (χ3n) is 6.89. The maximum atomic E-state index is 14.1. The van der Waals surface area contributed by atoms with E-state index in [0.717, 1.165) is 11.6 Å². The summed E-state index contributed by atoms with van der Waals surface area (Å²) < 4.78 is 57.7. The van der Waals surface area contributed by atoms with Crippen molar-refractivity contribution in [3.8, 4) is 17.2 Å². The Morgan fingerprint density at radius 3 is 2.58 bits per heavy atom. The largest absolute Gasteiger partial charge is 0.489 e. The fourth-order valence-electron chi connectivity index (χ4n) is 5.01. The predicted octanol–water partition coefficient (Wildman–Crippen LogP) is 6.14. The molecule has 4 aromatic rings. The first-order valence-corrected chi connectivity index (χ1v) is 13.6. The number of rotatable bonds is 8. The van der Waals surface area contributed by atoms with Crippen LogP contribution in [0.4, 0.5) is 13.2 Å². The van der Waals surface area contributed by atoms with Gasteiger partial charge in [-0.1, -0.05) is 30.3 Å². The Morgan fingerprint density at radius 2 is 1.91 bits per heavy atom. The van der Waals surface area contributed by atoms with Crippen molar-refractivity contribution in [2.45, 2.75) is 51.7 Å². The third-order valence-corrected chi connectivity index (χ3v) is 6.89. The maximum absolute atomic E-state index is 14.1. The van der Waals surface area contributed by atoms with Crippen molar-refractivity contribution in [2.75, 3.05) is 6.61 Å². The van der Waals surface area contributed by atoms with Crippen LogP contribution in [0, 0.1) is 0 Å². The van der Waals surface area contributed by atoms with Crippen molar-refractivity contribution in [3.63, 3.8) is 0 Å². The number of nitrogens with two attached hydrogens (primary N) is 1. The fraction of sp³-hybridized carbons (Fsp3) is 0.290. The fourth-order valence-corrected chi connectivity index (χ4v) is 5.01. The van der Waals surface area contributed by atoms with Gasteiger partial charge in [-0.05, 0) is 56.2 Å². The van der Waals surface area contributed by atoms with Gasteiger partial charge in [0.2, 0.25) is 5.89 Å². The second-order valence-corrected chi connectivity index (χ2v) is 10.1. The molecule has 0 spiro atoms. The van der Waals surface area contributed by atoms with Crippen molar-refractivity contribution in [2.24, 2.45) is 5.73 Å². The number of hydrogen-bond acceptors (Lipinski definition) is 8. The number of fused-ring (bicyclic) bond motifs is 2. The number of pyridine rings is 1. The number of carbonyl (C=O) groups excluding carboxylic acids is 2. The number of benzene rings is 2. The summed E-state index contributed by atoms with van der Waals surface area (Å²) in [6.45, 7) is 9.07. The summed E-state index contributed by atoms with van der Waals surface area (Å²) in [6, 6.07) is 10.3. The Morgan fingerprint density at radius 1 is 1.16 bits per heavy atom. The molecule has 2 aromatic carbocycles. The molecule has 1 aliphatic heterocycles. The van der Waals surface area contributed by atoms with Gasteiger partial charge in [0.25, 0.3) is 5.91 Å². The topological polar surface area (TPSA) is 121 Å². The molecule has 1 aliphatic rings. The van der Waals surface area contributed by atoms with E-state index in [1.165, 1.54) is 23.1 Å². The SMILES string of the molecule is C=CC(N)c1oc(-c2ccc(OC(C)C)c3nc(C(F)(F)F)ccc23)nc1C(=O)N1Cc2ccccc2C1C(=O)OCC. The van der Waals surface area contributed by atoms with Crippen molar-refractivity contribution in [1.82, 2.24) is 14.9 Å². The van der Waals surface area contributed by atoms with E-state index >= 15 is 0 Å². The minimum absolute atomic E-state index is 0.0240. The number of oxazole rings is 1. The second-order valence-electron chi connectivity index (χ2n) is 10.1. The normalized spacial score (nSPS) is 15.4. The highest BCUT2D eigenvalue weighted by molar-refractivity contribution is 6.00. The highest BCUT2D eigenvalue weighted by atomic mass is 19.4. The standard InChI is InChI=1S/C31H29F3N4O5/c1-5-21(35)27-25(29(39)38-15-17-9-7-8-10-18(17)26(38)30(40)41-6-2)37-28(43-27)20-11-13-22(42-16(3)4)24-19(20)12-14-23(36-24)31(32,33)34/h5,7-14,16,21,26H,1,6,15,35H2,2-4H3. The zero-order chi connectivity index (χ0) is 31.1. The number of amides is 1. The van der Waals surface area contributed by atoms with Gasteiger partial charge in [-0.3, -0.25) is 4.79 Å². The summed E-state index contributed by atoms with van der Waals surface area (Å²) in [6.07, 6.45) is -3.67. The Labute approximate surface area is 245 Å². The van der Waals surface area contributed by atoms with Crippen molar-refractivity contribution in [3.05, 3.63) is 89.5 Å². The number of ether oxygens (including phenoxy) is 2. The molecule has 0 radical (unpaired) electrons. The lowest BCUT2D eigenvalue weighted by molar-refractivity contribution is -0.148. The lowest BCUT2D eigenvalue weighted by Gasteiger charge is -2.23. The van der Waals surface area contributed by atoms with Crippen LogP contribution in [-0.2, 0) is 22.3 Å². The first-order valence-electron chi connectivity index (χ1n) is 13.6. The van der Waals surface area contributed by atoms with Gasteiger partial charge in [0.15, 0.2) is 17.5 Å². The summed E-state index contributed by atoms with van der Waals surface area (Å²) in [5, 5.41) is 0.253. The molecule has 2 unspecified atom stereocenters. The van der Waals surface area contributed by atoms with E-state index in [2.05, 4.69) is 16.5 Å². The molecule has 0 aliphatic carbocycles. The lowest BCUT2D eigenvalue weighted by Crippen LogP contribution is -2.36. The van der Waals surface area contributed by atoms with Gasteiger partial charge in [0, 0.05) is 17.5 Å². The van der Waals surface area contributed by atoms with Gasteiger partial charge in [-0.15, -0.1) is 6.58 Å². The molecule has 224 valence electrons. The van der Waals surface area contributed by atoms with Crippen molar-refractivity contribution < 1.29 is 36.7 Å². The molecule has 0 bridgehead atoms. The predicted molar refractivity (Wildman–Crippen MR) is 151 cm³/mol. The number of carbonyl (C=O) groups is 2. The first kappa shape index (κ1) is 29.8. The molecule has 3 heterocycles. The monoisotopic (exact) mass is 594 g/mol. The van der Waals surface area contributed by atoms with Gasteiger partial charge < -0.3 is 24.5 Å². The number of nitrogens with zero attached hydrogens (tertiary/aromatic N) is 3. The second kappa shape index (κ2) is 11.5. The average molecular weight is 595 g/mol. The van der Waals surface area contributed by atoms with Gasteiger partial charge in [0.05, 0.1) is 18.8 Å². The van der Waals surface area contributed by atoms with Crippen LogP contribution in [0.1, 0.15) is 65.9 Å². The molecule has 0 saturated carbocycles. The van der Waals surface area contributed by atoms with E-state index in [9.17, 15) is 22.8 Å². The highest BCUT2D eigenvalue weighted by Gasteiger charge is 2.42. The summed E-state index contributed by atoms with van der Waals surface area (Å²) in [5.74, 6) is -1.21. The lowest BCUT2D eigenvalue weighted by atomic mass is 10.1. The maximum Gasteiger partial charge on any atom is 0.433 e. The summed E-state index contributed by atoms with van der Waals surface area (Å²) in [7, 11) is 0. The first-order chi connectivity index (χ1) is 20.4. The quantitative estimate of drug-likeness (QED) is 0.191. The number of aromatic nitrogens is 2. The molecule has 1 amide bonds. The summed E-state index contributed by atoms with van der Waals surface area (Å²) in [5.41, 5.74) is 6.58. The van der Waals surface area contributed by atoms with Gasteiger partial charge in [-0.25, -0.2) is 14.8 Å². The summed E-state index contributed by atoms with van der Waals surface area (Å²) in [4.78, 5) is 36.7. The minimum Gasteiger partial charge on any atom is -0.489 e. The molecular weight excluding hydrogens is 565 g/mol. The minimum atomic E-state index is -4.69. The number of halogens is 3. The van der Waals surface area contributed by atoms with Crippen LogP contribution in [0.3, 0.4) is 0 Å². The van der Waals surface area contributed by atoms with Gasteiger partial charge in [-0.2, -0.15) is 13.2 Å². The van der Waals surface area contributed by atoms with Crippen molar-refractivity contribution in [1.29, 1.82) is 0 Å². The zero-order valence-corrected chi connectivity index (χ0v) is 23.6. The number of hydrogen-bond donors (Lipinski definition) is 1. The Kier molecular flexibility index (Phi) is 7.98. The molecule has 0 fully saturated rings. The van der Waals surface area contributed by atoms with Crippen LogP contribution in [0.2, 0.25) is 0 Å². The van der Waals surface area contributed by atoms with E-state index in [-0.39, 0.29) is 58.8 Å². The Bertz CT molecular complexity index is 1720. The summed E-state index contributed by atoms with van der Waals surface area (Å²) >= 11 is 0. The van der Waals surface area contributed by atoms with E-state index < -0.39 is 35.8 Å². The van der Waals surface area contributed by atoms with Crippen LogP contribution >= 0.6 is 0 Å². The molecule has 5 rings (SSSR count). The molecule has 2 aromatic heterocycles. The van der Waals surface area contributed by atoms with E-state index in [4.69, 9.17) is 19.6 Å². The Balaban J connectivity index is 1.64. The number of esters is 1. The van der Waals surface area contributed by atoms with Crippen LogP contribution in [0.15, 0.2) is 65.6 Å². The molecule has 2 atom stereocenters. The molecule has 0 saturated heterocycles. The molecule has 12 heteroatoms. The van der Waals surface area contributed by atoms with Crippen molar-refractivity contribution >= 4 is 22.8 Å². The van der Waals surface area contributed by atoms with Crippen LogP contribution in [0.25, 0.3) is 22.4 Å². The molecular formula is C31H29F3N4O5. The van der Waals surface area contributed by atoms with E-state index in [1.54, 1.807) is 45.0 Å². The molecule has 43 heavy (non-hydrogen) atoms. The van der Waals surface area contributed by atoms with Crippen LogP contribution < -0.4 is 10.5 Å².